The van der Waals surface area contributed by atoms with Crippen molar-refractivity contribution in [2.75, 3.05) is 31.1 Å². The molecule has 2 aromatic rings. The van der Waals surface area contributed by atoms with E-state index in [1.807, 2.05) is 6.07 Å². The molecule has 5 nitrogen and oxygen atoms in total. The van der Waals surface area contributed by atoms with E-state index in [0.29, 0.717) is 11.7 Å². The summed E-state index contributed by atoms with van der Waals surface area (Å²) in [6.07, 6.45) is 2.20. The minimum absolute atomic E-state index is 0.0245. The van der Waals surface area contributed by atoms with Crippen LogP contribution in [-0.2, 0) is 9.84 Å². The molecule has 0 aromatic heterocycles. The van der Waals surface area contributed by atoms with Crippen LogP contribution < -0.4 is 4.90 Å². The average molecular weight is 385 g/mol. The predicted molar refractivity (Wildman–Crippen MR) is 103 cm³/mol. The highest BCUT2D eigenvalue weighted by atomic mass is 32.2. The summed E-state index contributed by atoms with van der Waals surface area (Å²) >= 11 is 0. The lowest BCUT2D eigenvalue weighted by atomic mass is 10.0. The van der Waals surface area contributed by atoms with Gasteiger partial charge in [0.2, 0.25) is 9.84 Å². The van der Waals surface area contributed by atoms with Crippen molar-refractivity contribution < 1.29 is 12.8 Å². The Labute approximate surface area is 158 Å². The van der Waals surface area contributed by atoms with Gasteiger partial charge in [0.25, 0.3) is 0 Å². The summed E-state index contributed by atoms with van der Waals surface area (Å²) in [7, 11) is -3.83. The van der Waals surface area contributed by atoms with Crippen LogP contribution in [0.2, 0.25) is 0 Å². The Kier molecular flexibility index (Phi) is 3.84. The number of sulfone groups is 1. The number of anilines is 1. The highest BCUT2D eigenvalue weighted by molar-refractivity contribution is 8.07. The molecule has 140 valence electrons. The van der Waals surface area contributed by atoms with Crippen LogP contribution in [0.5, 0.6) is 0 Å². The van der Waals surface area contributed by atoms with Crippen LogP contribution in [0.1, 0.15) is 18.4 Å². The quantitative estimate of drug-likeness (QED) is 0.798. The molecule has 2 aromatic carbocycles. The zero-order chi connectivity index (χ0) is 18.6. The van der Waals surface area contributed by atoms with Crippen LogP contribution in [0, 0.1) is 5.82 Å². The van der Waals surface area contributed by atoms with Crippen LogP contribution >= 0.6 is 0 Å². The zero-order valence-electron chi connectivity index (χ0n) is 14.8. The number of halogens is 1. The van der Waals surface area contributed by atoms with E-state index in [4.69, 9.17) is 0 Å². The Morgan fingerprint density at radius 3 is 2.56 bits per heavy atom. The SMILES string of the molecule is O=S1(=O)C(c2ccccc2F)=Nc2ccc(N3CCN4CCC3CC4)cc21. The zero-order valence-corrected chi connectivity index (χ0v) is 15.6. The van der Waals surface area contributed by atoms with E-state index in [9.17, 15) is 12.8 Å². The first-order chi connectivity index (χ1) is 13.0. The smallest absolute Gasteiger partial charge is 0.226 e. The molecule has 3 saturated heterocycles. The van der Waals surface area contributed by atoms with Gasteiger partial charge in [-0.15, -0.1) is 0 Å². The number of hydrogen-bond donors (Lipinski definition) is 0. The molecule has 4 aliphatic heterocycles. The Hall–Kier alpha value is -2.25. The Balaban J connectivity index is 1.55. The van der Waals surface area contributed by atoms with Crippen LogP contribution in [0.3, 0.4) is 0 Å². The van der Waals surface area contributed by atoms with Gasteiger partial charge < -0.3 is 9.80 Å². The van der Waals surface area contributed by atoms with Crippen molar-refractivity contribution >= 4 is 26.3 Å². The molecular weight excluding hydrogens is 365 g/mol. The molecular formula is C20H20FN3O2S. The third kappa shape index (κ3) is 2.68. The fraction of sp³-hybridized carbons (Fsp3) is 0.350. The molecule has 0 N–H and O–H groups in total. The maximum atomic E-state index is 14.2. The molecule has 6 rings (SSSR count). The minimum Gasteiger partial charge on any atom is -0.367 e. The highest BCUT2D eigenvalue weighted by Gasteiger charge is 2.36. The second kappa shape index (κ2) is 6.14. The topological polar surface area (TPSA) is 53.0 Å². The summed E-state index contributed by atoms with van der Waals surface area (Å²) in [6, 6.07) is 11.7. The number of benzene rings is 2. The Morgan fingerprint density at radius 1 is 1.00 bits per heavy atom. The fourth-order valence-electron chi connectivity index (χ4n) is 4.33. The molecule has 4 aliphatic rings. The molecule has 0 unspecified atom stereocenters. The lowest BCUT2D eigenvalue weighted by Crippen LogP contribution is -2.37. The van der Waals surface area contributed by atoms with Crippen molar-refractivity contribution in [3.05, 3.63) is 53.8 Å². The average Bonchev–Trinajstić information content (AvgIpc) is 2.85. The molecule has 0 radical (unpaired) electrons. The van der Waals surface area contributed by atoms with E-state index >= 15 is 0 Å². The standard InChI is InChI=1S/C20H20FN3O2S/c21-17-4-2-1-3-16(17)20-22-18-6-5-15(13-19(18)27(20,25)26)24-12-11-23-9-7-14(24)8-10-23/h1-6,13-14H,7-12H2. The van der Waals surface area contributed by atoms with Crippen molar-refractivity contribution in [3.63, 3.8) is 0 Å². The van der Waals surface area contributed by atoms with E-state index in [1.54, 1.807) is 18.2 Å². The molecule has 3 fully saturated rings. The van der Waals surface area contributed by atoms with Gasteiger partial charge in [0.15, 0.2) is 5.04 Å². The molecule has 27 heavy (non-hydrogen) atoms. The van der Waals surface area contributed by atoms with Gasteiger partial charge in [-0.1, -0.05) is 12.1 Å². The van der Waals surface area contributed by atoms with Crippen molar-refractivity contribution in [2.24, 2.45) is 4.99 Å². The van der Waals surface area contributed by atoms with Crippen molar-refractivity contribution in [1.82, 2.24) is 4.90 Å². The molecule has 7 heteroatoms. The van der Waals surface area contributed by atoms with Crippen LogP contribution in [0.4, 0.5) is 15.8 Å². The van der Waals surface area contributed by atoms with Gasteiger partial charge in [0.05, 0.1) is 5.69 Å². The highest BCUT2D eigenvalue weighted by Crippen LogP contribution is 2.39. The van der Waals surface area contributed by atoms with Gasteiger partial charge in [-0.3, -0.25) is 0 Å². The van der Waals surface area contributed by atoms with E-state index in [1.165, 1.54) is 18.2 Å². The van der Waals surface area contributed by atoms with Gasteiger partial charge >= 0.3 is 0 Å². The van der Waals surface area contributed by atoms with E-state index in [2.05, 4.69) is 14.8 Å². The predicted octanol–water partition coefficient (Wildman–Crippen LogP) is 2.98. The van der Waals surface area contributed by atoms with Crippen molar-refractivity contribution in [1.29, 1.82) is 0 Å². The van der Waals surface area contributed by atoms with Gasteiger partial charge in [-0.25, -0.2) is 17.8 Å². The van der Waals surface area contributed by atoms with Crippen molar-refractivity contribution in [3.8, 4) is 0 Å². The molecule has 4 heterocycles. The van der Waals surface area contributed by atoms with Gasteiger partial charge in [0, 0.05) is 43.5 Å². The molecule has 0 saturated carbocycles. The second-order valence-electron chi connectivity index (χ2n) is 7.32. The summed E-state index contributed by atoms with van der Waals surface area (Å²) < 4.78 is 40.3. The first-order valence-corrected chi connectivity index (χ1v) is 10.7. The summed E-state index contributed by atoms with van der Waals surface area (Å²) in [4.78, 5) is 9.21. The van der Waals surface area contributed by atoms with E-state index in [0.717, 1.165) is 44.7 Å². The minimum atomic E-state index is -3.83. The lowest BCUT2D eigenvalue weighted by molar-refractivity contribution is 0.250. The summed E-state index contributed by atoms with van der Waals surface area (Å²) in [6.45, 7) is 4.09. The first-order valence-electron chi connectivity index (χ1n) is 9.26. The van der Waals surface area contributed by atoms with Crippen LogP contribution in [-0.4, -0.2) is 50.6 Å². The largest absolute Gasteiger partial charge is 0.367 e. The molecule has 2 bridgehead atoms. The number of hydrogen-bond acceptors (Lipinski definition) is 5. The molecule has 0 amide bonds. The van der Waals surface area contributed by atoms with Crippen LogP contribution in [0.25, 0.3) is 0 Å². The van der Waals surface area contributed by atoms with E-state index in [-0.39, 0.29) is 15.5 Å². The van der Waals surface area contributed by atoms with Gasteiger partial charge in [0.1, 0.15) is 10.7 Å². The van der Waals surface area contributed by atoms with Gasteiger partial charge in [-0.05, 0) is 43.2 Å². The number of piperidine rings is 1. The second-order valence-corrected chi connectivity index (χ2v) is 9.15. The Morgan fingerprint density at radius 2 is 1.78 bits per heavy atom. The Bertz CT molecular complexity index is 1040. The first kappa shape index (κ1) is 16.9. The lowest BCUT2D eigenvalue weighted by Gasteiger charge is -2.33. The third-order valence-electron chi connectivity index (χ3n) is 5.80. The summed E-state index contributed by atoms with van der Waals surface area (Å²) in [5.74, 6) is -0.577. The maximum Gasteiger partial charge on any atom is 0.226 e. The monoisotopic (exact) mass is 385 g/mol. The normalized spacial score (nSPS) is 25.8. The number of fused-ring (bicyclic) bond motifs is 5. The fourth-order valence-corrected chi connectivity index (χ4v) is 5.88. The van der Waals surface area contributed by atoms with Crippen molar-refractivity contribution in [2.45, 2.75) is 23.8 Å². The van der Waals surface area contributed by atoms with Gasteiger partial charge in [-0.2, -0.15) is 0 Å². The summed E-state index contributed by atoms with van der Waals surface area (Å²) in [5, 5.41) is -0.198. The molecule has 0 aliphatic carbocycles. The van der Waals surface area contributed by atoms with E-state index < -0.39 is 15.7 Å². The third-order valence-corrected chi connectivity index (χ3v) is 7.53. The summed E-state index contributed by atoms with van der Waals surface area (Å²) in [5.41, 5.74) is 1.33. The number of aliphatic imine (C=N–C) groups is 1. The maximum absolute atomic E-state index is 14.2. The number of nitrogens with zero attached hydrogens (tertiary/aromatic N) is 3. The van der Waals surface area contributed by atoms with Crippen LogP contribution in [0.15, 0.2) is 52.4 Å². The number of rotatable bonds is 2. The molecule has 0 spiro atoms. The molecule has 0 atom stereocenters.